The van der Waals surface area contributed by atoms with E-state index in [1.54, 1.807) is 13.2 Å². The SMILES string of the molecule is CCOC(C)(C)c1ccc(C=CC(=O)O)cc1.COc1ccccc1. The van der Waals surface area contributed by atoms with E-state index < -0.39 is 5.97 Å². The van der Waals surface area contributed by atoms with Gasteiger partial charge >= 0.3 is 5.97 Å². The largest absolute Gasteiger partial charge is 0.497 e. The second-order valence-corrected chi connectivity index (χ2v) is 5.75. The number of carbonyl (C=O) groups is 1. The highest BCUT2D eigenvalue weighted by Crippen LogP contribution is 2.24. The molecule has 25 heavy (non-hydrogen) atoms. The van der Waals surface area contributed by atoms with Gasteiger partial charge < -0.3 is 14.6 Å². The van der Waals surface area contributed by atoms with Crippen LogP contribution in [0.15, 0.2) is 60.7 Å². The van der Waals surface area contributed by atoms with Crippen molar-refractivity contribution in [2.75, 3.05) is 13.7 Å². The van der Waals surface area contributed by atoms with E-state index in [4.69, 9.17) is 14.6 Å². The van der Waals surface area contributed by atoms with Crippen LogP contribution in [0.1, 0.15) is 31.9 Å². The maximum absolute atomic E-state index is 10.4. The molecule has 2 aromatic carbocycles. The molecule has 0 aliphatic rings. The monoisotopic (exact) mass is 342 g/mol. The number of aliphatic carboxylic acids is 1. The van der Waals surface area contributed by atoms with E-state index in [1.165, 1.54) is 0 Å². The van der Waals surface area contributed by atoms with Gasteiger partial charge in [-0.25, -0.2) is 4.79 Å². The van der Waals surface area contributed by atoms with Crippen LogP contribution in [0.5, 0.6) is 5.75 Å². The van der Waals surface area contributed by atoms with Crippen molar-refractivity contribution in [1.82, 2.24) is 0 Å². The molecule has 0 bridgehead atoms. The van der Waals surface area contributed by atoms with Gasteiger partial charge in [0.05, 0.1) is 12.7 Å². The fraction of sp³-hybridized carbons (Fsp3) is 0.286. The first-order chi connectivity index (χ1) is 11.9. The van der Waals surface area contributed by atoms with Gasteiger partial charge in [0.25, 0.3) is 0 Å². The third kappa shape index (κ3) is 7.68. The van der Waals surface area contributed by atoms with Gasteiger partial charge in [0, 0.05) is 12.7 Å². The molecule has 0 aliphatic heterocycles. The van der Waals surface area contributed by atoms with E-state index in [9.17, 15) is 4.79 Å². The van der Waals surface area contributed by atoms with Crippen LogP contribution in [0.25, 0.3) is 6.08 Å². The number of rotatable bonds is 6. The van der Waals surface area contributed by atoms with E-state index in [-0.39, 0.29) is 5.60 Å². The molecule has 1 N–H and O–H groups in total. The first-order valence-corrected chi connectivity index (χ1v) is 8.13. The van der Waals surface area contributed by atoms with Crippen LogP contribution in [0.4, 0.5) is 0 Å². The summed E-state index contributed by atoms with van der Waals surface area (Å²) in [6.07, 6.45) is 2.70. The Morgan fingerprint density at radius 1 is 1.08 bits per heavy atom. The molecule has 0 fully saturated rings. The second-order valence-electron chi connectivity index (χ2n) is 5.75. The lowest BCUT2D eigenvalue weighted by atomic mass is 9.97. The molecule has 0 aliphatic carbocycles. The molecule has 0 amide bonds. The molecule has 134 valence electrons. The van der Waals surface area contributed by atoms with Crippen LogP contribution < -0.4 is 4.74 Å². The molecule has 0 radical (unpaired) electrons. The Bertz CT molecular complexity index is 658. The summed E-state index contributed by atoms with van der Waals surface area (Å²) in [6, 6.07) is 17.4. The molecule has 0 saturated carbocycles. The van der Waals surface area contributed by atoms with E-state index in [0.717, 1.165) is 23.0 Å². The highest BCUT2D eigenvalue weighted by Gasteiger charge is 2.19. The number of methoxy groups -OCH3 is 1. The van der Waals surface area contributed by atoms with Gasteiger partial charge in [-0.15, -0.1) is 0 Å². The summed E-state index contributed by atoms with van der Waals surface area (Å²) in [6.45, 7) is 6.65. The maximum Gasteiger partial charge on any atom is 0.328 e. The van der Waals surface area contributed by atoms with Crippen molar-refractivity contribution in [3.05, 3.63) is 71.8 Å². The van der Waals surface area contributed by atoms with Gasteiger partial charge in [-0.1, -0.05) is 42.5 Å². The molecule has 0 saturated heterocycles. The summed E-state index contributed by atoms with van der Waals surface area (Å²) in [7, 11) is 1.66. The van der Waals surface area contributed by atoms with Crippen molar-refractivity contribution >= 4 is 12.0 Å². The standard InChI is InChI=1S/C14H18O3.C7H8O/c1-4-17-14(2,3)12-8-5-11(6-9-12)7-10-13(15)16;1-8-7-5-3-2-4-6-7/h5-10H,4H2,1-3H3,(H,15,16);2-6H,1H3. The smallest absolute Gasteiger partial charge is 0.328 e. The number of hydrogen-bond acceptors (Lipinski definition) is 3. The Labute approximate surface area is 149 Å². The highest BCUT2D eigenvalue weighted by molar-refractivity contribution is 5.85. The number of carboxylic acids is 1. The molecule has 0 aromatic heterocycles. The van der Waals surface area contributed by atoms with E-state index in [1.807, 2.05) is 75.4 Å². The summed E-state index contributed by atoms with van der Waals surface area (Å²) >= 11 is 0. The maximum atomic E-state index is 10.4. The fourth-order valence-corrected chi connectivity index (χ4v) is 2.16. The summed E-state index contributed by atoms with van der Waals surface area (Å²) in [4.78, 5) is 10.4. The van der Waals surface area contributed by atoms with Crippen molar-refractivity contribution < 1.29 is 19.4 Å². The van der Waals surface area contributed by atoms with E-state index in [2.05, 4.69) is 0 Å². The number of para-hydroxylation sites is 1. The number of benzene rings is 2. The molecule has 0 unspecified atom stereocenters. The van der Waals surface area contributed by atoms with E-state index >= 15 is 0 Å². The minimum atomic E-state index is -0.941. The van der Waals surface area contributed by atoms with Crippen LogP contribution in [-0.2, 0) is 15.1 Å². The van der Waals surface area contributed by atoms with Gasteiger partial charge in [0.1, 0.15) is 5.75 Å². The average molecular weight is 342 g/mol. The molecule has 0 spiro atoms. The molecule has 2 aromatic rings. The van der Waals surface area contributed by atoms with Crippen LogP contribution in [0.3, 0.4) is 0 Å². The Kier molecular flexibility index (Phi) is 8.44. The van der Waals surface area contributed by atoms with Crippen LogP contribution in [-0.4, -0.2) is 24.8 Å². The van der Waals surface area contributed by atoms with Crippen LogP contribution in [0, 0.1) is 0 Å². The number of hydrogen-bond donors (Lipinski definition) is 1. The summed E-state index contributed by atoms with van der Waals surface area (Å²) in [5.41, 5.74) is 1.62. The lowest BCUT2D eigenvalue weighted by Crippen LogP contribution is -2.21. The Balaban J connectivity index is 0.000000324. The molecule has 0 atom stereocenters. The van der Waals surface area contributed by atoms with Gasteiger partial charge in [0.15, 0.2) is 0 Å². The quantitative estimate of drug-likeness (QED) is 0.770. The van der Waals surface area contributed by atoms with Gasteiger partial charge in [-0.05, 0) is 50.1 Å². The van der Waals surface area contributed by atoms with Crippen molar-refractivity contribution in [1.29, 1.82) is 0 Å². The predicted octanol–water partition coefficient (Wildman–Crippen LogP) is 4.75. The zero-order valence-electron chi connectivity index (χ0n) is 15.2. The third-order valence-corrected chi connectivity index (χ3v) is 3.51. The Hall–Kier alpha value is -2.59. The highest BCUT2D eigenvalue weighted by atomic mass is 16.5. The van der Waals surface area contributed by atoms with Gasteiger partial charge in [0.2, 0.25) is 0 Å². The molecule has 4 nitrogen and oxygen atoms in total. The van der Waals surface area contributed by atoms with Crippen molar-refractivity contribution in [2.45, 2.75) is 26.4 Å². The van der Waals surface area contributed by atoms with Gasteiger partial charge in [-0.3, -0.25) is 0 Å². The summed E-state index contributed by atoms with van der Waals surface area (Å²) in [5, 5.41) is 8.52. The zero-order chi connectivity index (χ0) is 18.7. The Morgan fingerprint density at radius 2 is 1.68 bits per heavy atom. The first-order valence-electron chi connectivity index (χ1n) is 8.13. The van der Waals surface area contributed by atoms with Crippen LogP contribution in [0.2, 0.25) is 0 Å². The van der Waals surface area contributed by atoms with Crippen LogP contribution >= 0.6 is 0 Å². The molecule has 2 rings (SSSR count). The Morgan fingerprint density at radius 3 is 2.12 bits per heavy atom. The van der Waals surface area contributed by atoms with E-state index in [0.29, 0.717) is 6.61 Å². The number of ether oxygens (including phenoxy) is 2. The van der Waals surface area contributed by atoms with Crippen molar-refractivity contribution in [2.24, 2.45) is 0 Å². The molecule has 0 heterocycles. The third-order valence-electron chi connectivity index (χ3n) is 3.51. The summed E-state index contributed by atoms with van der Waals surface area (Å²) < 4.78 is 10.6. The predicted molar refractivity (Wildman–Crippen MR) is 101 cm³/mol. The topological polar surface area (TPSA) is 55.8 Å². The molecular formula is C21H26O4. The van der Waals surface area contributed by atoms with Crippen molar-refractivity contribution in [3.63, 3.8) is 0 Å². The van der Waals surface area contributed by atoms with Gasteiger partial charge in [-0.2, -0.15) is 0 Å². The second kappa shape index (κ2) is 10.3. The molecular weight excluding hydrogens is 316 g/mol. The lowest BCUT2D eigenvalue weighted by Gasteiger charge is -2.25. The minimum Gasteiger partial charge on any atom is -0.497 e. The summed E-state index contributed by atoms with van der Waals surface area (Å²) in [5.74, 6) is -0.0313. The molecule has 4 heteroatoms. The van der Waals surface area contributed by atoms with Crippen molar-refractivity contribution in [3.8, 4) is 5.75 Å². The fourth-order valence-electron chi connectivity index (χ4n) is 2.16. The minimum absolute atomic E-state index is 0.316. The average Bonchev–Trinajstić information content (AvgIpc) is 2.61. The first kappa shape index (κ1) is 20.5. The lowest BCUT2D eigenvalue weighted by molar-refractivity contribution is -0.131. The zero-order valence-corrected chi connectivity index (χ0v) is 15.2. The normalized spacial score (nSPS) is 10.9. The number of carboxylic acid groups (broad SMARTS) is 1.